The minimum absolute atomic E-state index is 0.110. The van der Waals surface area contributed by atoms with E-state index in [1.54, 1.807) is 6.07 Å². The van der Waals surface area contributed by atoms with Gasteiger partial charge in [0.25, 0.3) is 5.56 Å². The van der Waals surface area contributed by atoms with Crippen LogP contribution in [0.4, 0.5) is 0 Å². The van der Waals surface area contributed by atoms with Gasteiger partial charge in [0.05, 0.1) is 29.9 Å². The Morgan fingerprint density at radius 1 is 1.14 bits per heavy atom. The van der Waals surface area contributed by atoms with Crippen molar-refractivity contribution in [3.63, 3.8) is 0 Å². The maximum atomic E-state index is 12.6. The van der Waals surface area contributed by atoms with Gasteiger partial charge in [0.15, 0.2) is 0 Å². The van der Waals surface area contributed by atoms with E-state index in [9.17, 15) is 9.59 Å². The van der Waals surface area contributed by atoms with Gasteiger partial charge >= 0.3 is 0 Å². The van der Waals surface area contributed by atoms with E-state index in [0.717, 1.165) is 16.7 Å². The number of amides is 1. The number of ether oxygens (including phenoxy) is 1. The summed E-state index contributed by atoms with van der Waals surface area (Å²) in [5, 5.41) is 3.51. The Labute approximate surface area is 170 Å². The molecular formula is C23H27N3O3. The minimum atomic E-state index is -0.123. The Kier molecular flexibility index (Phi) is 6.77. The summed E-state index contributed by atoms with van der Waals surface area (Å²) in [5.41, 5.74) is 3.64. The average Bonchev–Trinajstić information content (AvgIpc) is 2.71. The fraction of sp³-hybridized carbons (Fsp3) is 0.348. The summed E-state index contributed by atoms with van der Waals surface area (Å²) >= 11 is 0. The number of hydrogen-bond acceptors (Lipinski definition) is 4. The van der Waals surface area contributed by atoms with E-state index in [-0.39, 0.29) is 24.0 Å². The molecule has 3 aromatic rings. The molecule has 1 aromatic heterocycles. The number of aryl methyl sites for hydroxylation is 2. The first-order valence-electron chi connectivity index (χ1n) is 9.85. The zero-order valence-electron chi connectivity index (χ0n) is 17.1. The largest absolute Gasteiger partial charge is 0.374 e. The van der Waals surface area contributed by atoms with E-state index < -0.39 is 0 Å². The van der Waals surface area contributed by atoms with Crippen LogP contribution in [0.2, 0.25) is 0 Å². The summed E-state index contributed by atoms with van der Waals surface area (Å²) in [6.45, 7) is 7.16. The number of nitrogens with zero attached hydrogens (tertiary/aromatic N) is 2. The average molecular weight is 393 g/mol. The predicted octanol–water partition coefficient (Wildman–Crippen LogP) is 3.34. The van der Waals surface area contributed by atoms with Gasteiger partial charge in [0, 0.05) is 19.5 Å². The normalized spacial score (nSPS) is 11.2. The highest BCUT2D eigenvalue weighted by Gasteiger charge is 2.09. The van der Waals surface area contributed by atoms with Gasteiger partial charge in [-0.1, -0.05) is 36.4 Å². The Hall–Kier alpha value is -2.99. The Morgan fingerprint density at radius 3 is 2.66 bits per heavy atom. The molecule has 0 bridgehead atoms. The molecule has 0 spiro atoms. The lowest BCUT2D eigenvalue weighted by Gasteiger charge is -2.13. The van der Waals surface area contributed by atoms with E-state index in [4.69, 9.17) is 4.74 Å². The molecule has 0 aliphatic rings. The van der Waals surface area contributed by atoms with Crippen LogP contribution in [-0.4, -0.2) is 21.6 Å². The van der Waals surface area contributed by atoms with Crippen molar-refractivity contribution in [2.75, 3.05) is 0 Å². The molecule has 0 saturated carbocycles. The number of carbonyl (C=O) groups is 1. The van der Waals surface area contributed by atoms with Crippen LogP contribution in [0.15, 0.2) is 53.6 Å². The highest BCUT2D eigenvalue weighted by Crippen LogP contribution is 2.12. The first-order valence-corrected chi connectivity index (χ1v) is 9.85. The Morgan fingerprint density at radius 2 is 1.90 bits per heavy atom. The molecule has 152 valence electrons. The molecule has 1 N–H and O–H groups in total. The maximum Gasteiger partial charge on any atom is 0.261 e. The van der Waals surface area contributed by atoms with Crippen molar-refractivity contribution in [1.82, 2.24) is 14.9 Å². The van der Waals surface area contributed by atoms with Crippen molar-refractivity contribution in [3.8, 4) is 0 Å². The minimum Gasteiger partial charge on any atom is -0.374 e. The fourth-order valence-electron chi connectivity index (χ4n) is 3.13. The molecule has 0 unspecified atom stereocenters. The van der Waals surface area contributed by atoms with E-state index in [1.165, 1.54) is 10.9 Å². The fourth-order valence-corrected chi connectivity index (χ4v) is 3.13. The van der Waals surface area contributed by atoms with Crippen molar-refractivity contribution >= 4 is 16.8 Å². The van der Waals surface area contributed by atoms with Crippen LogP contribution in [-0.2, 0) is 29.2 Å². The molecule has 1 amide bonds. The van der Waals surface area contributed by atoms with Crippen LogP contribution in [0, 0.1) is 6.92 Å². The number of nitrogens with one attached hydrogen (secondary N) is 1. The molecule has 6 nitrogen and oxygen atoms in total. The highest BCUT2D eigenvalue weighted by molar-refractivity contribution is 5.80. The number of rotatable bonds is 8. The highest BCUT2D eigenvalue weighted by atomic mass is 16.5. The van der Waals surface area contributed by atoms with Crippen LogP contribution < -0.4 is 10.9 Å². The van der Waals surface area contributed by atoms with E-state index in [1.807, 2.05) is 57.2 Å². The van der Waals surface area contributed by atoms with Gasteiger partial charge in [-0.15, -0.1) is 0 Å². The van der Waals surface area contributed by atoms with Crippen LogP contribution in [0.25, 0.3) is 10.9 Å². The van der Waals surface area contributed by atoms with Gasteiger partial charge in [-0.2, -0.15) is 0 Å². The quantitative estimate of drug-likeness (QED) is 0.637. The van der Waals surface area contributed by atoms with E-state index in [2.05, 4.69) is 10.3 Å². The van der Waals surface area contributed by atoms with Gasteiger partial charge in [0.1, 0.15) is 0 Å². The van der Waals surface area contributed by atoms with E-state index >= 15 is 0 Å². The molecule has 0 atom stereocenters. The van der Waals surface area contributed by atoms with Crippen molar-refractivity contribution in [3.05, 3.63) is 75.8 Å². The summed E-state index contributed by atoms with van der Waals surface area (Å²) in [6, 6.07) is 13.4. The molecule has 0 aliphatic heterocycles. The molecule has 2 aromatic carbocycles. The number of carbonyl (C=O) groups excluding carboxylic acids is 1. The number of fused-ring (bicyclic) bond motifs is 1. The monoisotopic (exact) mass is 393 g/mol. The molecular weight excluding hydrogens is 366 g/mol. The zero-order chi connectivity index (χ0) is 20.8. The summed E-state index contributed by atoms with van der Waals surface area (Å²) in [5.74, 6) is -0.110. The summed E-state index contributed by atoms with van der Waals surface area (Å²) < 4.78 is 7.17. The second kappa shape index (κ2) is 9.47. The van der Waals surface area contributed by atoms with Crippen LogP contribution in [0.3, 0.4) is 0 Å². The molecule has 3 rings (SSSR count). The predicted molar refractivity (Wildman–Crippen MR) is 114 cm³/mol. The molecule has 6 heteroatoms. The van der Waals surface area contributed by atoms with Gasteiger partial charge < -0.3 is 10.1 Å². The Balaban J connectivity index is 1.59. The third-order valence-corrected chi connectivity index (χ3v) is 4.80. The van der Waals surface area contributed by atoms with Crippen LogP contribution in [0.5, 0.6) is 0 Å². The zero-order valence-corrected chi connectivity index (χ0v) is 17.1. The first-order chi connectivity index (χ1) is 14.0. The van der Waals surface area contributed by atoms with Gasteiger partial charge in [-0.05, 0) is 43.5 Å². The van der Waals surface area contributed by atoms with Gasteiger partial charge in [-0.25, -0.2) is 4.98 Å². The Bertz CT molecular complexity index is 1060. The molecule has 0 radical (unpaired) electrons. The first kappa shape index (κ1) is 20.7. The lowest BCUT2D eigenvalue weighted by molar-refractivity contribution is -0.121. The topological polar surface area (TPSA) is 73.2 Å². The number of aromatic nitrogens is 2. The maximum absolute atomic E-state index is 12.6. The third kappa shape index (κ3) is 5.29. The molecule has 0 aliphatic carbocycles. The SMILES string of the molecule is Cc1cccc2c(=O)n(CCC(=O)NCc3ccccc3COC(C)C)cnc12. The molecule has 0 saturated heterocycles. The summed E-state index contributed by atoms with van der Waals surface area (Å²) in [4.78, 5) is 29.3. The number of para-hydroxylation sites is 1. The standard InChI is InChI=1S/C23H27N3O3/c1-16(2)29-14-19-9-5-4-8-18(19)13-24-21(27)11-12-26-15-25-22-17(3)7-6-10-20(22)23(26)28/h4-10,15-16H,11-14H2,1-3H3,(H,24,27). The number of hydrogen-bond donors (Lipinski definition) is 1. The summed E-state index contributed by atoms with van der Waals surface area (Å²) in [6.07, 6.45) is 1.88. The number of benzene rings is 2. The van der Waals surface area contributed by atoms with Crippen molar-refractivity contribution in [2.45, 2.75) is 53.0 Å². The molecule has 29 heavy (non-hydrogen) atoms. The second-order valence-corrected chi connectivity index (χ2v) is 7.37. The van der Waals surface area contributed by atoms with Crippen molar-refractivity contribution in [1.29, 1.82) is 0 Å². The van der Waals surface area contributed by atoms with E-state index in [0.29, 0.717) is 30.6 Å². The van der Waals surface area contributed by atoms with Crippen LogP contribution in [0.1, 0.15) is 37.0 Å². The van der Waals surface area contributed by atoms with Gasteiger partial charge in [-0.3, -0.25) is 14.2 Å². The molecule has 1 heterocycles. The molecule has 0 fully saturated rings. The third-order valence-electron chi connectivity index (χ3n) is 4.80. The lowest BCUT2D eigenvalue weighted by atomic mass is 10.1. The smallest absolute Gasteiger partial charge is 0.261 e. The lowest BCUT2D eigenvalue weighted by Crippen LogP contribution is -2.27. The summed E-state index contributed by atoms with van der Waals surface area (Å²) in [7, 11) is 0. The second-order valence-electron chi connectivity index (χ2n) is 7.37. The van der Waals surface area contributed by atoms with Gasteiger partial charge in [0.2, 0.25) is 5.91 Å². The van der Waals surface area contributed by atoms with Crippen LogP contribution >= 0.6 is 0 Å². The van der Waals surface area contributed by atoms with Crippen molar-refractivity contribution in [2.24, 2.45) is 0 Å². The van der Waals surface area contributed by atoms with Crippen molar-refractivity contribution < 1.29 is 9.53 Å².